The Morgan fingerprint density at radius 1 is 1.13 bits per heavy atom. The highest BCUT2D eigenvalue weighted by atomic mass is 35.5. The maximum atomic E-state index is 12.0. The Labute approximate surface area is 176 Å². The van der Waals surface area contributed by atoms with Gasteiger partial charge >= 0.3 is 5.97 Å². The van der Waals surface area contributed by atoms with Crippen molar-refractivity contribution in [1.82, 2.24) is 5.32 Å². The number of hydrogen-bond acceptors (Lipinski definition) is 7. The smallest absolute Gasteiger partial charge is 0.338 e. The molecule has 0 aliphatic rings. The lowest BCUT2D eigenvalue weighted by Gasteiger charge is -2.10. The lowest BCUT2D eigenvalue weighted by atomic mass is 10.1. The fourth-order valence-corrected chi connectivity index (χ4v) is 2.58. The maximum absolute atomic E-state index is 12.0. The summed E-state index contributed by atoms with van der Waals surface area (Å²) in [5.74, 6) is -2.10. The van der Waals surface area contributed by atoms with Crippen molar-refractivity contribution in [3.63, 3.8) is 0 Å². The molecule has 30 heavy (non-hydrogen) atoms. The summed E-state index contributed by atoms with van der Waals surface area (Å²) in [5, 5.41) is 19.1. The first-order chi connectivity index (χ1) is 14.2. The van der Waals surface area contributed by atoms with Gasteiger partial charge in [-0.2, -0.15) is 0 Å². The highest BCUT2D eigenvalue weighted by Crippen LogP contribution is 2.25. The maximum Gasteiger partial charge on any atom is 0.338 e. The van der Waals surface area contributed by atoms with E-state index in [0.717, 1.165) is 6.07 Å². The highest BCUT2D eigenvalue weighted by Gasteiger charge is 2.18. The monoisotopic (exact) mass is 434 g/mol. The number of benzene rings is 2. The second-order valence-corrected chi connectivity index (χ2v) is 6.46. The van der Waals surface area contributed by atoms with E-state index in [1.807, 2.05) is 0 Å². The zero-order chi connectivity index (χ0) is 22.3. The van der Waals surface area contributed by atoms with Crippen LogP contribution in [0.1, 0.15) is 15.9 Å². The second-order valence-electron chi connectivity index (χ2n) is 6.05. The first-order valence-corrected chi connectivity index (χ1v) is 9.05. The van der Waals surface area contributed by atoms with Gasteiger partial charge in [-0.05, 0) is 36.8 Å². The highest BCUT2D eigenvalue weighted by molar-refractivity contribution is 6.31. The number of carbonyl (C=O) groups excluding carboxylic acids is 3. The minimum absolute atomic E-state index is 0.0809. The van der Waals surface area contributed by atoms with Crippen LogP contribution in [0.2, 0.25) is 5.02 Å². The van der Waals surface area contributed by atoms with Crippen LogP contribution in [0, 0.1) is 17.0 Å². The van der Waals surface area contributed by atoms with E-state index in [1.165, 1.54) is 19.2 Å². The Bertz CT molecular complexity index is 995. The number of nitro benzene ring substituents is 1. The molecular formula is C19H19ClN4O6. The molecule has 0 fully saturated rings. The van der Waals surface area contributed by atoms with Gasteiger partial charge in [0.2, 0.25) is 5.91 Å². The third-order valence-electron chi connectivity index (χ3n) is 4.02. The minimum Gasteiger partial charge on any atom is -0.452 e. The molecule has 11 heteroatoms. The molecule has 0 spiro atoms. The SMILES string of the molecule is CNc1ccc(C(=O)OCC(=O)NCC(=O)Nc2cccc(Cl)c2C)cc1[N+](=O)[O-]. The van der Waals surface area contributed by atoms with Crippen molar-refractivity contribution in [2.24, 2.45) is 0 Å². The summed E-state index contributed by atoms with van der Waals surface area (Å²) in [6.45, 7) is 0.748. The average molecular weight is 435 g/mol. The molecule has 0 radical (unpaired) electrons. The van der Waals surface area contributed by atoms with Crippen LogP contribution in [0.25, 0.3) is 0 Å². The predicted octanol–water partition coefficient (Wildman–Crippen LogP) is 2.51. The Morgan fingerprint density at radius 3 is 2.53 bits per heavy atom. The number of halogens is 1. The van der Waals surface area contributed by atoms with Crippen molar-refractivity contribution in [2.75, 3.05) is 30.8 Å². The fraction of sp³-hybridized carbons (Fsp3) is 0.211. The topological polar surface area (TPSA) is 140 Å². The van der Waals surface area contributed by atoms with Gasteiger partial charge in [0.1, 0.15) is 5.69 Å². The van der Waals surface area contributed by atoms with E-state index in [4.69, 9.17) is 16.3 Å². The number of anilines is 2. The van der Waals surface area contributed by atoms with Gasteiger partial charge in [-0.15, -0.1) is 0 Å². The van der Waals surface area contributed by atoms with Gasteiger partial charge in [-0.25, -0.2) is 4.79 Å². The van der Waals surface area contributed by atoms with Crippen molar-refractivity contribution in [3.8, 4) is 0 Å². The largest absolute Gasteiger partial charge is 0.452 e. The molecule has 3 N–H and O–H groups in total. The van der Waals surface area contributed by atoms with Crippen LogP contribution in [0.5, 0.6) is 0 Å². The van der Waals surface area contributed by atoms with Gasteiger partial charge in [0, 0.05) is 23.8 Å². The van der Waals surface area contributed by atoms with Gasteiger partial charge in [0.25, 0.3) is 11.6 Å². The Kier molecular flexibility index (Phi) is 7.70. The summed E-state index contributed by atoms with van der Waals surface area (Å²) >= 11 is 5.98. The minimum atomic E-state index is -0.907. The summed E-state index contributed by atoms with van der Waals surface area (Å²) in [6.07, 6.45) is 0. The molecule has 158 valence electrons. The van der Waals surface area contributed by atoms with E-state index < -0.39 is 29.3 Å². The average Bonchev–Trinajstić information content (AvgIpc) is 2.73. The molecule has 0 unspecified atom stereocenters. The normalized spacial score (nSPS) is 10.1. The summed E-state index contributed by atoms with van der Waals surface area (Å²) < 4.78 is 4.84. The molecule has 0 atom stereocenters. The van der Waals surface area contributed by atoms with Crippen molar-refractivity contribution in [3.05, 3.63) is 62.7 Å². The molecule has 0 aliphatic carbocycles. The van der Waals surface area contributed by atoms with Gasteiger partial charge in [0.15, 0.2) is 6.61 Å². The summed E-state index contributed by atoms with van der Waals surface area (Å²) in [4.78, 5) is 46.2. The number of hydrogen-bond donors (Lipinski definition) is 3. The number of nitrogens with zero attached hydrogens (tertiary/aromatic N) is 1. The molecule has 2 amide bonds. The van der Waals surface area contributed by atoms with Crippen LogP contribution in [-0.2, 0) is 14.3 Å². The molecule has 2 rings (SSSR count). The first-order valence-electron chi connectivity index (χ1n) is 8.68. The molecule has 0 saturated carbocycles. The van der Waals surface area contributed by atoms with E-state index >= 15 is 0 Å². The number of nitrogens with one attached hydrogen (secondary N) is 3. The van der Waals surface area contributed by atoms with Crippen LogP contribution in [0.3, 0.4) is 0 Å². The molecule has 2 aromatic carbocycles. The van der Waals surface area contributed by atoms with E-state index in [9.17, 15) is 24.5 Å². The van der Waals surface area contributed by atoms with Crippen LogP contribution >= 0.6 is 11.6 Å². The Hall–Kier alpha value is -3.66. The van der Waals surface area contributed by atoms with Crippen molar-refractivity contribution >= 4 is 46.4 Å². The third kappa shape index (κ3) is 5.92. The Morgan fingerprint density at radius 2 is 1.87 bits per heavy atom. The number of nitro groups is 1. The summed E-state index contributed by atoms with van der Waals surface area (Å²) in [7, 11) is 1.51. The molecule has 0 heterocycles. The Balaban J connectivity index is 1.85. The lowest BCUT2D eigenvalue weighted by Crippen LogP contribution is -2.35. The van der Waals surface area contributed by atoms with E-state index in [0.29, 0.717) is 16.3 Å². The molecule has 0 bridgehead atoms. The zero-order valence-corrected chi connectivity index (χ0v) is 16.9. The van der Waals surface area contributed by atoms with E-state index in [1.54, 1.807) is 25.1 Å². The lowest BCUT2D eigenvalue weighted by molar-refractivity contribution is -0.384. The van der Waals surface area contributed by atoms with Gasteiger partial charge in [-0.1, -0.05) is 17.7 Å². The first kappa shape index (κ1) is 22.6. The van der Waals surface area contributed by atoms with Crippen LogP contribution < -0.4 is 16.0 Å². The van der Waals surface area contributed by atoms with Gasteiger partial charge in [-0.3, -0.25) is 19.7 Å². The molecule has 10 nitrogen and oxygen atoms in total. The van der Waals surface area contributed by atoms with Gasteiger partial charge < -0.3 is 20.7 Å². The molecule has 0 saturated heterocycles. The number of carbonyl (C=O) groups is 3. The predicted molar refractivity (Wildman–Crippen MR) is 111 cm³/mol. The number of ether oxygens (including phenoxy) is 1. The molecule has 0 aromatic heterocycles. The number of esters is 1. The third-order valence-corrected chi connectivity index (χ3v) is 4.43. The van der Waals surface area contributed by atoms with Crippen molar-refractivity contribution < 1.29 is 24.0 Å². The zero-order valence-electron chi connectivity index (χ0n) is 16.2. The molecule has 0 aliphatic heterocycles. The standard InChI is InChI=1S/C19H19ClN4O6/c1-11-13(20)4-3-5-14(11)23-17(25)9-22-18(26)10-30-19(27)12-6-7-15(21-2)16(8-12)24(28)29/h3-8,21H,9-10H2,1-2H3,(H,22,26)(H,23,25). The quantitative estimate of drug-likeness (QED) is 0.329. The van der Waals surface area contributed by atoms with Crippen molar-refractivity contribution in [2.45, 2.75) is 6.92 Å². The van der Waals surface area contributed by atoms with Crippen LogP contribution in [-0.4, -0.2) is 42.9 Å². The molecule has 2 aromatic rings. The number of rotatable bonds is 8. The molecular weight excluding hydrogens is 416 g/mol. The van der Waals surface area contributed by atoms with E-state index in [-0.39, 0.29) is 23.5 Å². The van der Waals surface area contributed by atoms with Crippen LogP contribution in [0.15, 0.2) is 36.4 Å². The van der Waals surface area contributed by atoms with Crippen LogP contribution in [0.4, 0.5) is 17.1 Å². The number of amides is 2. The second kappa shape index (κ2) is 10.2. The fourth-order valence-electron chi connectivity index (χ4n) is 2.40. The van der Waals surface area contributed by atoms with Crippen molar-refractivity contribution in [1.29, 1.82) is 0 Å². The van der Waals surface area contributed by atoms with Gasteiger partial charge in [0.05, 0.1) is 17.0 Å². The summed E-state index contributed by atoms with van der Waals surface area (Å²) in [5.41, 5.74) is 1.05. The summed E-state index contributed by atoms with van der Waals surface area (Å²) in [6, 6.07) is 8.77. The van der Waals surface area contributed by atoms with E-state index in [2.05, 4.69) is 16.0 Å².